The van der Waals surface area contributed by atoms with E-state index < -0.39 is 0 Å². The van der Waals surface area contributed by atoms with Crippen LogP contribution >= 0.6 is 0 Å². The van der Waals surface area contributed by atoms with Crippen molar-refractivity contribution in [2.45, 2.75) is 31.5 Å². The number of hydrogen-bond donors (Lipinski definition) is 1. The van der Waals surface area contributed by atoms with Gasteiger partial charge in [-0.05, 0) is 29.8 Å². The highest BCUT2D eigenvalue weighted by atomic mass is 16.7. The lowest BCUT2D eigenvalue weighted by atomic mass is 9.96. The van der Waals surface area contributed by atoms with E-state index in [0.717, 1.165) is 26.1 Å². The lowest BCUT2D eigenvalue weighted by molar-refractivity contribution is -0.115. The summed E-state index contributed by atoms with van der Waals surface area (Å²) in [7, 11) is 0. The van der Waals surface area contributed by atoms with Crippen LogP contribution in [-0.2, 0) is 22.7 Å². The summed E-state index contributed by atoms with van der Waals surface area (Å²) in [4.78, 5) is 24.3. The van der Waals surface area contributed by atoms with E-state index in [4.69, 9.17) is 9.25 Å². The largest absolute Gasteiger partial charge is 0.467 e. The van der Waals surface area contributed by atoms with E-state index in [1.54, 1.807) is 24.7 Å². The maximum Gasteiger partial charge on any atom is 0.269 e. The molecule has 1 spiro atoms. The molecular formula is C18H20N4O3. The molecular weight excluding hydrogens is 320 g/mol. The molecule has 0 saturated carbocycles. The van der Waals surface area contributed by atoms with Crippen molar-refractivity contribution in [1.82, 2.24) is 15.2 Å². The second-order valence-electron chi connectivity index (χ2n) is 6.57. The Morgan fingerprint density at radius 1 is 1.32 bits per heavy atom. The van der Waals surface area contributed by atoms with Gasteiger partial charge >= 0.3 is 0 Å². The summed E-state index contributed by atoms with van der Waals surface area (Å²) < 4.78 is 5.21. The first-order valence-electron chi connectivity index (χ1n) is 8.39. The number of furan rings is 1. The van der Waals surface area contributed by atoms with Gasteiger partial charge in [-0.2, -0.15) is 0 Å². The van der Waals surface area contributed by atoms with Gasteiger partial charge in [-0.15, -0.1) is 0 Å². The summed E-state index contributed by atoms with van der Waals surface area (Å²) in [5.74, 6) is 0.521. The number of carbonyl (C=O) groups is 1. The highest BCUT2D eigenvalue weighted by molar-refractivity contribution is 6.39. The van der Waals surface area contributed by atoms with E-state index in [1.165, 1.54) is 5.56 Å². The predicted molar refractivity (Wildman–Crippen MR) is 90.6 cm³/mol. The fourth-order valence-corrected chi connectivity index (χ4v) is 3.35. The van der Waals surface area contributed by atoms with Crippen molar-refractivity contribution in [2.75, 3.05) is 13.1 Å². The topological polar surface area (TPSA) is 80.0 Å². The molecule has 0 unspecified atom stereocenters. The van der Waals surface area contributed by atoms with Crippen molar-refractivity contribution < 1.29 is 14.0 Å². The van der Waals surface area contributed by atoms with Crippen LogP contribution in [0.3, 0.4) is 0 Å². The van der Waals surface area contributed by atoms with Crippen molar-refractivity contribution in [2.24, 2.45) is 5.16 Å². The van der Waals surface area contributed by atoms with Crippen LogP contribution in [0.5, 0.6) is 0 Å². The number of likely N-dealkylation sites (tertiary alicyclic amines) is 1. The molecule has 0 aliphatic carbocycles. The number of amides is 1. The number of aromatic nitrogens is 1. The van der Waals surface area contributed by atoms with Crippen LogP contribution in [0.2, 0.25) is 0 Å². The lowest BCUT2D eigenvalue weighted by Crippen LogP contribution is -2.36. The Morgan fingerprint density at radius 3 is 3.00 bits per heavy atom. The third-order valence-corrected chi connectivity index (χ3v) is 4.66. The van der Waals surface area contributed by atoms with Gasteiger partial charge in [-0.3, -0.25) is 14.7 Å². The molecule has 0 bridgehead atoms. The number of oxime groups is 1. The van der Waals surface area contributed by atoms with E-state index >= 15 is 0 Å². The molecule has 0 radical (unpaired) electrons. The third kappa shape index (κ3) is 3.56. The first kappa shape index (κ1) is 15.8. The zero-order valence-corrected chi connectivity index (χ0v) is 13.9. The molecule has 1 amide bonds. The summed E-state index contributed by atoms with van der Waals surface area (Å²) >= 11 is 0. The molecule has 130 valence electrons. The van der Waals surface area contributed by atoms with Crippen molar-refractivity contribution in [3.8, 4) is 0 Å². The molecule has 1 fully saturated rings. The molecule has 2 aromatic rings. The first-order chi connectivity index (χ1) is 12.2. The molecule has 1 saturated heterocycles. The summed E-state index contributed by atoms with van der Waals surface area (Å²) in [5, 5.41) is 6.87. The smallest absolute Gasteiger partial charge is 0.269 e. The Kier molecular flexibility index (Phi) is 4.23. The highest BCUT2D eigenvalue weighted by Gasteiger charge is 2.46. The zero-order chi connectivity index (χ0) is 17.1. The second kappa shape index (κ2) is 6.68. The molecule has 7 heteroatoms. The van der Waals surface area contributed by atoms with Gasteiger partial charge in [-0.1, -0.05) is 5.16 Å². The highest BCUT2D eigenvalue weighted by Crippen LogP contribution is 2.34. The number of carbonyl (C=O) groups excluding carboxylic acids is 1. The summed E-state index contributed by atoms with van der Waals surface area (Å²) in [5.41, 5.74) is 1.31. The maximum atomic E-state index is 12.3. The molecule has 2 aliphatic heterocycles. The van der Waals surface area contributed by atoms with Crippen LogP contribution in [0.25, 0.3) is 0 Å². The number of rotatable bonds is 5. The van der Waals surface area contributed by atoms with Gasteiger partial charge in [0.05, 0.1) is 12.8 Å². The molecule has 0 aromatic carbocycles. The van der Waals surface area contributed by atoms with Gasteiger partial charge in [0.1, 0.15) is 11.5 Å². The molecule has 1 N–H and O–H groups in total. The van der Waals surface area contributed by atoms with Crippen LogP contribution in [-0.4, -0.2) is 40.2 Å². The van der Waals surface area contributed by atoms with Crippen LogP contribution in [0, 0.1) is 0 Å². The van der Waals surface area contributed by atoms with Crippen molar-refractivity contribution in [3.05, 3.63) is 54.2 Å². The van der Waals surface area contributed by atoms with Gasteiger partial charge in [-0.25, -0.2) is 0 Å². The zero-order valence-electron chi connectivity index (χ0n) is 13.9. The van der Waals surface area contributed by atoms with Gasteiger partial charge < -0.3 is 14.6 Å². The average molecular weight is 340 g/mol. The van der Waals surface area contributed by atoms with Crippen LogP contribution in [0.1, 0.15) is 24.2 Å². The van der Waals surface area contributed by atoms with E-state index in [9.17, 15) is 4.79 Å². The molecule has 4 heterocycles. The van der Waals surface area contributed by atoms with Gasteiger partial charge in [0.15, 0.2) is 5.60 Å². The Morgan fingerprint density at radius 2 is 2.20 bits per heavy atom. The quantitative estimate of drug-likeness (QED) is 0.896. The maximum absolute atomic E-state index is 12.3. The Hall–Kier alpha value is -2.67. The van der Waals surface area contributed by atoms with Crippen molar-refractivity contribution in [1.29, 1.82) is 0 Å². The number of nitrogens with zero attached hydrogens (tertiary/aromatic N) is 3. The molecule has 1 atom stereocenters. The van der Waals surface area contributed by atoms with Gasteiger partial charge in [0.25, 0.3) is 5.91 Å². The molecule has 4 rings (SSSR count). The minimum Gasteiger partial charge on any atom is -0.467 e. The fourth-order valence-electron chi connectivity index (χ4n) is 3.35. The average Bonchev–Trinajstić information content (AvgIpc) is 3.37. The summed E-state index contributed by atoms with van der Waals surface area (Å²) in [6, 6.07) is 7.65. The summed E-state index contributed by atoms with van der Waals surface area (Å²) in [6.07, 6.45) is 6.61. The predicted octanol–water partition coefficient (Wildman–Crippen LogP) is 1.71. The summed E-state index contributed by atoms with van der Waals surface area (Å²) in [6.45, 7) is 2.91. The van der Waals surface area contributed by atoms with Crippen LogP contribution < -0.4 is 5.32 Å². The second-order valence-corrected chi connectivity index (χ2v) is 6.57. The Labute approximate surface area is 145 Å². The minimum absolute atomic E-state index is 0.194. The van der Waals surface area contributed by atoms with Gasteiger partial charge in [0.2, 0.25) is 0 Å². The van der Waals surface area contributed by atoms with Crippen molar-refractivity contribution in [3.63, 3.8) is 0 Å². The molecule has 2 aliphatic rings. The molecule has 25 heavy (non-hydrogen) atoms. The van der Waals surface area contributed by atoms with E-state index in [2.05, 4.69) is 20.4 Å². The van der Waals surface area contributed by atoms with E-state index in [1.807, 2.05) is 18.2 Å². The Balaban J connectivity index is 1.30. The lowest BCUT2D eigenvalue weighted by Gasteiger charge is -2.21. The standard InChI is InChI=1S/C18H20N4O3/c23-17(20-11-15-2-1-9-24-15)16-10-18(25-21-16)5-8-22(13-18)12-14-3-6-19-7-4-14/h1-4,6-7,9H,5,8,10-13H2,(H,20,23)/t18-/m0/s1. The van der Waals surface area contributed by atoms with E-state index in [0.29, 0.717) is 24.4 Å². The van der Waals surface area contributed by atoms with Crippen LogP contribution in [0.4, 0.5) is 0 Å². The number of nitrogens with one attached hydrogen (secondary N) is 1. The monoisotopic (exact) mass is 340 g/mol. The number of pyridine rings is 1. The van der Waals surface area contributed by atoms with Gasteiger partial charge in [0, 0.05) is 44.9 Å². The van der Waals surface area contributed by atoms with E-state index in [-0.39, 0.29) is 11.5 Å². The minimum atomic E-state index is -0.371. The molecule has 2 aromatic heterocycles. The Bertz CT molecular complexity index is 760. The fraction of sp³-hybridized carbons (Fsp3) is 0.389. The normalized spacial score (nSPS) is 22.8. The SMILES string of the molecule is O=C(NCc1ccco1)C1=NO[C@@]2(CCN(Cc3ccncc3)C2)C1. The molecule has 7 nitrogen and oxygen atoms in total. The van der Waals surface area contributed by atoms with Crippen LogP contribution in [0.15, 0.2) is 52.5 Å². The van der Waals surface area contributed by atoms with Crippen molar-refractivity contribution >= 4 is 11.6 Å². The number of hydrogen-bond acceptors (Lipinski definition) is 6. The first-order valence-corrected chi connectivity index (χ1v) is 8.39. The third-order valence-electron chi connectivity index (χ3n) is 4.66.